The van der Waals surface area contributed by atoms with E-state index in [9.17, 15) is 13.5 Å². The van der Waals surface area contributed by atoms with Crippen LogP contribution in [0.3, 0.4) is 0 Å². The molecule has 0 spiro atoms. The topological polar surface area (TPSA) is 79.5 Å². The lowest BCUT2D eigenvalue weighted by atomic mass is 9.89. The van der Waals surface area contributed by atoms with Crippen LogP contribution >= 0.6 is 27.3 Å². The SMILES string of the molecule is CC(C)C[C@@H](c1ccco1)[C@H](CO)NS(=O)(=O)c1ccc(Br)s1. The lowest BCUT2D eigenvalue weighted by Crippen LogP contribution is -2.42. The van der Waals surface area contributed by atoms with Crippen LogP contribution in [0.15, 0.2) is 42.9 Å². The molecule has 2 aromatic rings. The summed E-state index contributed by atoms with van der Waals surface area (Å²) < 4.78 is 34.0. The quantitative estimate of drug-likeness (QED) is 0.682. The molecule has 0 saturated heterocycles. The molecule has 0 aliphatic heterocycles. The van der Waals surface area contributed by atoms with Crippen LogP contribution in [-0.2, 0) is 10.0 Å². The van der Waals surface area contributed by atoms with Gasteiger partial charge in [-0.25, -0.2) is 13.1 Å². The van der Waals surface area contributed by atoms with E-state index in [4.69, 9.17) is 4.42 Å². The highest BCUT2D eigenvalue weighted by atomic mass is 79.9. The third kappa shape index (κ3) is 4.90. The van der Waals surface area contributed by atoms with Crippen LogP contribution in [0.5, 0.6) is 0 Å². The Morgan fingerprint density at radius 1 is 1.35 bits per heavy atom. The highest BCUT2D eigenvalue weighted by molar-refractivity contribution is 9.11. The normalized spacial score (nSPS) is 15.0. The molecule has 2 atom stereocenters. The highest BCUT2D eigenvalue weighted by Gasteiger charge is 2.30. The molecule has 0 saturated carbocycles. The van der Waals surface area contributed by atoms with Crippen LogP contribution in [-0.4, -0.2) is 26.2 Å². The van der Waals surface area contributed by atoms with Crippen molar-refractivity contribution in [2.45, 2.75) is 36.4 Å². The van der Waals surface area contributed by atoms with Crippen molar-refractivity contribution in [1.29, 1.82) is 0 Å². The van der Waals surface area contributed by atoms with E-state index in [0.717, 1.165) is 15.1 Å². The minimum atomic E-state index is -3.69. The third-order valence-electron chi connectivity index (χ3n) is 3.44. The van der Waals surface area contributed by atoms with Gasteiger partial charge in [0, 0.05) is 5.92 Å². The summed E-state index contributed by atoms with van der Waals surface area (Å²) in [5.41, 5.74) is 0. The number of hydrogen-bond donors (Lipinski definition) is 2. The molecule has 0 radical (unpaired) electrons. The first-order valence-corrected chi connectivity index (χ1v) is 10.3. The van der Waals surface area contributed by atoms with Gasteiger partial charge >= 0.3 is 0 Å². The van der Waals surface area contributed by atoms with Crippen LogP contribution in [0.2, 0.25) is 0 Å². The molecule has 0 amide bonds. The predicted molar refractivity (Wildman–Crippen MR) is 94.1 cm³/mol. The second kappa shape index (κ2) is 7.94. The lowest BCUT2D eigenvalue weighted by Gasteiger charge is -2.26. The number of aliphatic hydroxyl groups is 1. The maximum atomic E-state index is 12.5. The van der Waals surface area contributed by atoms with Crippen molar-refractivity contribution in [2.75, 3.05) is 6.61 Å². The maximum absolute atomic E-state index is 12.5. The minimum absolute atomic E-state index is 0.213. The van der Waals surface area contributed by atoms with Gasteiger partial charge in [0.15, 0.2) is 0 Å². The largest absolute Gasteiger partial charge is 0.469 e. The Kier molecular flexibility index (Phi) is 6.44. The summed E-state index contributed by atoms with van der Waals surface area (Å²) in [5, 5.41) is 9.75. The molecule has 2 heterocycles. The maximum Gasteiger partial charge on any atom is 0.250 e. The Labute approximate surface area is 148 Å². The number of halogens is 1. The molecule has 0 bridgehead atoms. The molecule has 2 aromatic heterocycles. The highest BCUT2D eigenvalue weighted by Crippen LogP contribution is 2.30. The molecular formula is C15H20BrNO4S2. The third-order valence-corrected chi connectivity index (χ3v) is 7.04. The molecule has 23 heavy (non-hydrogen) atoms. The van der Waals surface area contributed by atoms with Gasteiger partial charge in [-0.3, -0.25) is 0 Å². The van der Waals surface area contributed by atoms with Crippen molar-refractivity contribution in [1.82, 2.24) is 4.72 Å². The number of rotatable bonds is 8. The van der Waals surface area contributed by atoms with Gasteiger partial charge in [-0.05, 0) is 52.5 Å². The molecule has 2 rings (SSSR count). The number of nitrogens with one attached hydrogen (secondary N) is 1. The van der Waals surface area contributed by atoms with E-state index in [1.807, 2.05) is 6.07 Å². The molecule has 2 N–H and O–H groups in total. The molecule has 5 nitrogen and oxygen atoms in total. The van der Waals surface area contributed by atoms with E-state index >= 15 is 0 Å². The van der Waals surface area contributed by atoms with Gasteiger partial charge in [0.05, 0.1) is 22.7 Å². The minimum Gasteiger partial charge on any atom is -0.469 e. The Morgan fingerprint density at radius 2 is 2.09 bits per heavy atom. The van der Waals surface area contributed by atoms with Crippen molar-refractivity contribution in [3.8, 4) is 0 Å². The van der Waals surface area contributed by atoms with Crippen molar-refractivity contribution in [2.24, 2.45) is 5.92 Å². The summed E-state index contributed by atoms with van der Waals surface area (Å²) in [5.74, 6) is 0.778. The molecule has 0 fully saturated rings. The second-order valence-electron chi connectivity index (χ2n) is 5.72. The zero-order valence-corrected chi connectivity index (χ0v) is 16.1. The fourth-order valence-electron chi connectivity index (χ4n) is 2.43. The van der Waals surface area contributed by atoms with E-state index in [1.54, 1.807) is 18.4 Å². The van der Waals surface area contributed by atoms with Crippen LogP contribution in [0.4, 0.5) is 0 Å². The lowest BCUT2D eigenvalue weighted by molar-refractivity contribution is 0.218. The van der Waals surface area contributed by atoms with Gasteiger partial charge in [-0.15, -0.1) is 11.3 Å². The first-order valence-electron chi connectivity index (χ1n) is 7.25. The van der Waals surface area contributed by atoms with E-state index in [-0.39, 0.29) is 16.7 Å². The molecule has 0 aliphatic rings. The fraction of sp³-hybridized carbons (Fsp3) is 0.467. The fourth-order valence-corrected chi connectivity index (χ4v) is 5.73. The van der Waals surface area contributed by atoms with Crippen LogP contribution < -0.4 is 4.72 Å². The predicted octanol–water partition coefficient (Wildman–Crippen LogP) is 3.57. The molecule has 0 aliphatic carbocycles. The molecule has 8 heteroatoms. The monoisotopic (exact) mass is 421 g/mol. The number of aliphatic hydroxyl groups excluding tert-OH is 1. The molecule has 0 aromatic carbocycles. The summed E-state index contributed by atoms with van der Waals surface area (Å²) >= 11 is 4.39. The number of hydrogen-bond acceptors (Lipinski definition) is 5. The van der Waals surface area contributed by atoms with Crippen LogP contribution in [0, 0.1) is 5.92 Å². The zero-order valence-electron chi connectivity index (χ0n) is 12.9. The standard InChI is InChI=1S/C15H20BrNO4S2/c1-10(2)8-11(13-4-3-7-21-13)12(9-18)17-23(19,20)15-6-5-14(16)22-15/h3-7,10-12,17-18H,8-9H2,1-2H3/t11-,12+/m1/s1. The van der Waals surface area contributed by atoms with Crippen molar-refractivity contribution >= 4 is 37.3 Å². The molecular weight excluding hydrogens is 402 g/mol. The van der Waals surface area contributed by atoms with E-state index in [2.05, 4.69) is 34.5 Å². The summed E-state index contributed by atoms with van der Waals surface area (Å²) in [6.07, 6.45) is 2.26. The average Bonchev–Trinajstić information content (AvgIpc) is 3.13. The first kappa shape index (κ1) is 18.7. The van der Waals surface area contributed by atoms with E-state index < -0.39 is 16.1 Å². The van der Waals surface area contributed by atoms with E-state index in [0.29, 0.717) is 18.1 Å². The van der Waals surface area contributed by atoms with Crippen LogP contribution in [0.1, 0.15) is 31.9 Å². The number of sulfonamides is 1. The van der Waals surface area contributed by atoms with Gasteiger partial charge < -0.3 is 9.52 Å². The molecule has 128 valence electrons. The summed E-state index contributed by atoms with van der Waals surface area (Å²) in [7, 11) is -3.69. The van der Waals surface area contributed by atoms with Gasteiger partial charge in [-0.2, -0.15) is 0 Å². The second-order valence-corrected chi connectivity index (χ2v) is 10.1. The van der Waals surface area contributed by atoms with Crippen molar-refractivity contribution < 1.29 is 17.9 Å². The summed E-state index contributed by atoms with van der Waals surface area (Å²) in [6, 6.07) is 6.16. The summed E-state index contributed by atoms with van der Waals surface area (Å²) in [4.78, 5) is 0. The Bertz CT molecular complexity index is 710. The zero-order chi connectivity index (χ0) is 17.0. The van der Waals surface area contributed by atoms with E-state index in [1.165, 1.54) is 6.07 Å². The van der Waals surface area contributed by atoms with Gasteiger partial charge in [-0.1, -0.05) is 13.8 Å². The van der Waals surface area contributed by atoms with Gasteiger partial charge in [0.25, 0.3) is 0 Å². The Hall–Kier alpha value is -0.670. The number of thiophene rings is 1. The van der Waals surface area contributed by atoms with Crippen LogP contribution in [0.25, 0.3) is 0 Å². The van der Waals surface area contributed by atoms with Gasteiger partial charge in [0.1, 0.15) is 9.97 Å². The Morgan fingerprint density at radius 3 is 2.57 bits per heavy atom. The van der Waals surface area contributed by atoms with Crippen molar-refractivity contribution in [3.63, 3.8) is 0 Å². The number of furan rings is 1. The average molecular weight is 422 g/mol. The Balaban J connectivity index is 2.25. The van der Waals surface area contributed by atoms with Gasteiger partial charge in [0.2, 0.25) is 10.0 Å². The van der Waals surface area contributed by atoms with Crippen molar-refractivity contribution in [3.05, 3.63) is 40.1 Å². The smallest absolute Gasteiger partial charge is 0.250 e. The first-order chi connectivity index (χ1) is 10.8. The summed E-state index contributed by atoms with van der Waals surface area (Å²) in [6.45, 7) is 3.80. The molecule has 0 unspecified atom stereocenters.